The van der Waals surface area contributed by atoms with Crippen LogP contribution in [0.1, 0.15) is 15.9 Å². The first-order chi connectivity index (χ1) is 9.47. The van der Waals surface area contributed by atoms with Gasteiger partial charge in [-0.25, -0.2) is 13.6 Å². The molecule has 0 amide bonds. The highest BCUT2D eigenvalue weighted by molar-refractivity contribution is 6.31. The van der Waals surface area contributed by atoms with Gasteiger partial charge in [-0.1, -0.05) is 11.6 Å². The van der Waals surface area contributed by atoms with E-state index in [4.69, 9.17) is 16.7 Å². The Hall–Kier alpha value is -2.14. The third-order valence-corrected chi connectivity index (χ3v) is 2.98. The minimum atomic E-state index is -1.13. The summed E-state index contributed by atoms with van der Waals surface area (Å²) in [6.45, 7) is 0.0644. The highest BCUT2D eigenvalue weighted by Crippen LogP contribution is 2.20. The zero-order valence-corrected chi connectivity index (χ0v) is 10.9. The van der Waals surface area contributed by atoms with E-state index in [1.165, 1.54) is 30.3 Å². The minimum Gasteiger partial charge on any atom is -0.478 e. The van der Waals surface area contributed by atoms with E-state index in [1.54, 1.807) is 0 Å². The van der Waals surface area contributed by atoms with Gasteiger partial charge in [0.05, 0.1) is 10.6 Å². The first-order valence-electron chi connectivity index (χ1n) is 5.68. The molecule has 0 aromatic heterocycles. The Labute approximate surface area is 118 Å². The van der Waals surface area contributed by atoms with Crippen LogP contribution in [-0.4, -0.2) is 11.1 Å². The average Bonchev–Trinajstić information content (AvgIpc) is 2.41. The van der Waals surface area contributed by atoms with Gasteiger partial charge in [0.25, 0.3) is 0 Å². The molecule has 0 saturated heterocycles. The van der Waals surface area contributed by atoms with Crippen LogP contribution in [0.2, 0.25) is 5.02 Å². The zero-order chi connectivity index (χ0) is 14.7. The van der Waals surface area contributed by atoms with E-state index in [0.29, 0.717) is 5.69 Å². The van der Waals surface area contributed by atoms with Crippen LogP contribution < -0.4 is 5.32 Å². The average molecular weight is 298 g/mol. The molecule has 0 bridgehead atoms. The highest BCUT2D eigenvalue weighted by Gasteiger charge is 2.08. The summed E-state index contributed by atoms with van der Waals surface area (Å²) in [7, 11) is 0. The van der Waals surface area contributed by atoms with E-state index >= 15 is 0 Å². The molecule has 2 aromatic carbocycles. The van der Waals surface area contributed by atoms with Crippen LogP contribution in [0.3, 0.4) is 0 Å². The molecule has 0 heterocycles. The van der Waals surface area contributed by atoms with Crippen molar-refractivity contribution in [3.63, 3.8) is 0 Å². The summed E-state index contributed by atoms with van der Waals surface area (Å²) in [6, 6.07) is 7.55. The molecule has 0 atom stereocenters. The number of anilines is 1. The number of benzene rings is 2. The number of rotatable bonds is 4. The lowest BCUT2D eigenvalue weighted by Crippen LogP contribution is -2.05. The van der Waals surface area contributed by atoms with Gasteiger partial charge in [0, 0.05) is 17.8 Å². The molecule has 3 nitrogen and oxygen atoms in total. The quantitative estimate of drug-likeness (QED) is 0.899. The Morgan fingerprint density at radius 3 is 2.50 bits per heavy atom. The van der Waals surface area contributed by atoms with Crippen molar-refractivity contribution in [2.45, 2.75) is 6.54 Å². The Bertz CT molecular complexity index is 662. The summed E-state index contributed by atoms with van der Waals surface area (Å²) in [5, 5.41) is 11.7. The van der Waals surface area contributed by atoms with Gasteiger partial charge >= 0.3 is 5.97 Å². The standard InChI is InChI=1S/C14H10ClF2NO2/c15-11-6-10(2-4-13(11)17)18-7-9-5-8(14(19)20)1-3-12(9)16/h1-6,18H,7H2,(H,19,20). The predicted molar refractivity (Wildman–Crippen MR) is 72.1 cm³/mol. The number of hydrogen-bond donors (Lipinski definition) is 2. The van der Waals surface area contributed by atoms with Gasteiger partial charge < -0.3 is 10.4 Å². The van der Waals surface area contributed by atoms with E-state index < -0.39 is 17.6 Å². The minimum absolute atomic E-state index is 0.000313. The first kappa shape index (κ1) is 14.3. The van der Waals surface area contributed by atoms with Crippen molar-refractivity contribution in [1.29, 1.82) is 0 Å². The van der Waals surface area contributed by atoms with Crippen molar-refractivity contribution in [2.75, 3.05) is 5.32 Å². The van der Waals surface area contributed by atoms with Crippen molar-refractivity contribution in [3.05, 3.63) is 64.2 Å². The van der Waals surface area contributed by atoms with E-state index in [-0.39, 0.29) is 22.7 Å². The fourth-order valence-corrected chi connectivity index (χ4v) is 1.83. The molecule has 6 heteroatoms. The maximum absolute atomic E-state index is 13.6. The fraction of sp³-hybridized carbons (Fsp3) is 0.0714. The van der Waals surface area contributed by atoms with Crippen LogP contribution >= 0.6 is 11.6 Å². The predicted octanol–water partition coefficient (Wildman–Crippen LogP) is 3.93. The lowest BCUT2D eigenvalue weighted by atomic mass is 10.1. The molecule has 0 fully saturated rings. The normalized spacial score (nSPS) is 10.3. The summed E-state index contributed by atoms with van der Waals surface area (Å²) in [5.74, 6) is -2.19. The van der Waals surface area contributed by atoms with E-state index in [2.05, 4.69) is 5.32 Å². The number of nitrogens with one attached hydrogen (secondary N) is 1. The maximum atomic E-state index is 13.6. The summed E-state index contributed by atoms with van der Waals surface area (Å²) >= 11 is 5.63. The molecular formula is C14H10ClF2NO2. The number of aromatic carboxylic acids is 1. The third-order valence-electron chi connectivity index (χ3n) is 2.70. The molecule has 0 aliphatic carbocycles. The molecular weight excluding hydrogens is 288 g/mol. The lowest BCUT2D eigenvalue weighted by Gasteiger charge is -2.09. The van der Waals surface area contributed by atoms with Crippen LogP contribution in [0.15, 0.2) is 36.4 Å². The molecule has 2 N–H and O–H groups in total. The van der Waals surface area contributed by atoms with E-state index in [1.807, 2.05) is 0 Å². The second-order valence-corrected chi connectivity index (χ2v) is 4.50. The number of carboxylic acids is 1. The van der Waals surface area contributed by atoms with Crippen LogP contribution in [0, 0.1) is 11.6 Å². The van der Waals surface area contributed by atoms with E-state index in [9.17, 15) is 13.6 Å². The van der Waals surface area contributed by atoms with Crippen LogP contribution in [0.25, 0.3) is 0 Å². The molecule has 0 saturated carbocycles. The third kappa shape index (κ3) is 3.24. The molecule has 0 aliphatic heterocycles. The molecule has 0 spiro atoms. The number of carboxylic acid groups (broad SMARTS) is 1. The molecule has 20 heavy (non-hydrogen) atoms. The van der Waals surface area contributed by atoms with Crippen molar-refractivity contribution >= 4 is 23.3 Å². The van der Waals surface area contributed by atoms with Crippen LogP contribution in [0.5, 0.6) is 0 Å². The summed E-state index contributed by atoms with van der Waals surface area (Å²) in [6.07, 6.45) is 0. The van der Waals surface area contributed by atoms with E-state index in [0.717, 1.165) is 6.07 Å². The topological polar surface area (TPSA) is 49.3 Å². The van der Waals surface area contributed by atoms with Gasteiger partial charge in [-0.2, -0.15) is 0 Å². The monoisotopic (exact) mass is 297 g/mol. The van der Waals surface area contributed by atoms with Crippen molar-refractivity contribution in [3.8, 4) is 0 Å². The zero-order valence-electron chi connectivity index (χ0n) is 10.2. The second kappa shape index (κ2) is 5.88. The van der Waals surface area contributed by atoms with Crippen molar-refractivity contribution in [2.24, 2.45) is 0 Å². The number of carbonyl (C=O) groups is 1. The molecule has 104 valence electrons. The fourth-order valence-electron chi connectivity index (χ4n) is 1.65. The Morgan fingerprint density at radius 1 is 1.15 bits per heavy atom. The molecule has 0 radical (unpaired) electrons. The van der Waals surface area contributed by atoms with Crippen LogP contribution in [0.4, 0.5) is 14.5 Å². The second-order valence-electron chi connectivity index (χ2n) is 4.09. The van der Waals surface area contributed by atoms with Crippen LogP contribution in [-0.2, 0) is 6.54 Å². The van der Waals surface area contributed by atoms with Gasteiger partial charge in [0.15, 0.2) is 0 Å². The Kier molecular flexibility index (Phi) is 4.20. The Morgan fingerprint density at radius 2 is 1.85 bits per heavy atom. The smallest absolute Gasteiger partial charge is 0.335 e. The largest absolute Gasteiger partial charge is 0.478 e. The van der Waals surface area contributed by atoms with Gasteiger partial charge in [0.1, 0.15) is 11.6 Å². The SMILES string of the molecule is O=C(O)c1ccc(F)c(CNc2ccc(F)c(Cl)c2)c1. The maximum Gasteiger partial charge on any atom is 0.335 e. The number of hydrogen-bond acceptors (Lipinski definition) is 2. The van der Waals surface area contributed by atoms with Crippen molar-refractivity contribution in [1.82, 2.24) is 0 Å². The summed E-state index contributed by atoms with van der Waals surface area (Å²) < 4.78 is 26.5. The summed E-state index contributed by atoms with van der Waals surface area (Å²) in [5.41, 5.74) is 0.710. The number of halogens is 3. The first-order valence-corrected chi connectivity index (χ1v) is 6.06. The molecule has 2 rings (SSSR count). The van der Waals surface area contributed by atoms with Gasteiger partial charge in [-0.15, -0.1) is 0 Å². The molecule has 0 aliphatic rings. The van der Waals surface area contributed by atoms with Crippen molar-refractivity contribution < 1.29 is 18.7 Å². The lowest BCUT2D eigenvalue weighted by molar-refractivity contribution is 0.0696. The summed E-state index contributed by atoms with van der Waals surface area (Å²) in [4.78, 5) is 10.8. The highest BCUT2D eigenvalue weighted by atomic mass is 35.5. The molecule has 0 unspecified atom stereocenters. The van der Waals surface area contributed by atoms with Gasteiger partial charge in [-0.05, 0) is 36.4 Å². The van der Waals surface area contributed by atoms with Gasteiger partial charge in [0.2, 0.25) is 0 Å². The molecule has 2 aromatic rings. The Balaban J connectivity index is 2.15. The van der Waals surface area contributed by atoms with Gasteiger partial charge in [-0.3, -0.25) is 0 Å².